The number of likely N-dealkylation sites (tertiary alicyclic amines) is 1. The predicted molar refractivity (Wildman–Crippen MR) is 132 cm³/mol. The molecule has 0 bridgehead atoms. The Balaban J connectivity index is 1.40. The van der Waals surface area contributed by atoms with Crippen molar-refractivity contribution in [2.75, 3.05) is 6.54 Å². The van der Waals surface area contributed by atoms with Gasteiger partial charge in [0.2, 0.25) is 5.91 Å². The Morgan fingerprint density at radius 1 is 1.21 bits per heavy atom. The summed E-state index contributed by atoms with van der Waals surface area (Å²) in [5.41, 5.74) is 1.89. The van der Waals surface area contributed by atoms with Crippen molar-refractivity contribution in [1.82, 2.24) is 9.88 Å². The van der Waals surface area contributed by atoms with E-state index in [9.17, 15) is 9.59 Å². The van der Waals surface area contributed by atoms with Gasteiger partial charge in [-0.3, -0.25) is 9.59 Å². The van der Waals surface area contributed by atoms with Crippen molar-refractivity contribution in [2.24, 2.45) is 5.92 Å². The highest BCUT2D eigenvalue weighted by Gasteiger charge is 2.37. The Morgan fingerprint density at radius 2 is 2.00 bits per heavy atom. The molecule has 178 valence electrons. The number of amides is 1. The molecule has 1 aliphatic heterocycles. The summed E-state index contributed by atoms with van der Waals surface area (Å²) in [4.78, 5) is 31.5. The fourth-order valence-electron chi connectivity index (χ4n) is 4.19. The number of rotatable bonds is 9. The molecule has 8 heteroatoms. The first-order valence-corrected chi connectivity index (χ1v) is 12.5. The molecule has 0 radical (unpaired) electrons. The highest BCUT2D eigenvalue weighted by atomic mass is 35.5. The van der Waals surface area contributed by atoms with E-state index in [0.717, 1.165) is 27.4 Å². The van der Waals surface area contributed by atoms with Gasteiger partial charge in [-0.15, -0.1) is 11.3 Å². The minimum Gasteiger partial charge on any atom is -0.487 e. The molecule has 0 saturated carbocycles. The van der Waals surface area contributed by atoms with Crippen LogP contribution in [-0.2, 0) is 29.0 Å². The van der Waals surface area contributed by atoms with E-state index >= 15 is 0 Å². The van der Waals surface area contributed by atoms with Crippen LogP contribution in [0.1, 0.15) is 46.8 Å². The number of hydrogen-bond acceptors (Lipinski definition) is 5. The van der Waals surface area contributed by atoms with Gasteiger partial charge in [-0.25, -0.2) is 4.98 Å². The summed E-state index contributed by atoms with van der Waals surface area (Å²) in [6.07, 6.45) is 3.44. The minimum atomic E-state index is -0.823. The van der Waals surface area contributed by atoms with Gasteiger partial charge in [0, 0.05) is 17.6 Å². The lowest BCUT2D eigenvalue weighted by Crippen LogP contribution is -2.33. The number of halogens is 1. The van der Waals surface area contributed by atoms with E-state index in [4.69, 9.17) is 21.4 Å². The zero-order valence-corrected chi connectivity index (χ0v) is 20.5. The van der Waals surface area contributed by atoms with E-state index < -0.39 is 5.97 Å². The Morgan fingerprint density at radius 3 is 2.74 bits per heavy atom. The smallest absolute Gasteiger partial charge is 0.303 e. The topological polar surface area (TPSA) is 79.7 Å². The van der Waals surface area contributed by atoms with Gasteiger partial charge in [0.05, 0.1) is 23.9 Å². The molecule has 1 amide bonds. The lowest BCUT2D eigenvalue weighted by Gasteiger charge is -2.25. The zero-order chi connectivity index (χ0) is 24.1. The van der Waals surface area contributed by atoms with Crippen LogP contribution in [0.25, 0.3) is 0 Å². The Labute approximate surface area is 208 Å². The second kappa shape index (κ2) is 11.0. The van der Waals surface area contributed by atoms with Gasteiger partial charge < -0.3 is 14.7 Å². The number of ether oxygens (including phenoxy) is 1. The fraction of sp³-hybridized carbons (Fsp3) is 0.346. The number of carboxylic acid groups (broad SMARTS) is 1. The summed E-state index contributed by atoms with van der Waals surface area (Å²) in [5, 5.41) is 10.3. The zero-order valence-electron chi connectivity index (χ0n) is 18.9. The average molecular weight is 499 g/mol. The number of carbonyl (C=O) groups is 2. The number of thiazole rings is 1. The van der Waals surface area contributed by atoms with Crippen LogP contribution in [0.5, 0.6) is 5.75 Å². The molecular weight excluding hydrogens is 472 g/mol. The van der Waals surface area contributed by atoms with Crippen LogP contribution < -0.4 is 4.74 Å². The van der Waals surface area contributed by atoms with Crippen molar-refractivity contribution in [3.05, 3.63) is 80.8 Å². The van der Waals surface area contributed by atoms with Crippen molar-refractivity contribution in [3.8, 4) is 5.75 Å². The van der Waals surface area contributed by atoms with Crippen molar-refractivity contribution < 1.29 is 19.4 Å². The van der Waals surface area contributed by atoms with Crippen LogP contribution in [0.15, 0.2) is 54.7 Å². The van der Waals surface area contributed by atoms with E-state index in [-0.39, 0.29) is 24.8 Å². The van der Waals surface area contributed by atoms with Crippen LogP contribution in [0.2, 0.25) is 5.02 Å². The maximum absolute atomic E-state index is 13.2. The van der Waals surface area contributed by atoms with Gasteiger partial charge in [0.15, 0.2) is 0 Å². The number of benzene rings is 2. The molecule has 0 aliphatic carbocycles. The number of aliphatic carboxylic acids is 1. The molecule has 1 aliphatic rings. The summed E-state index contributed by atoms with van der Waals surface area (Å²) in [6.45, 7) is 3.24. The largest absolute Gasteiger partial charge is 0.487 e. The number of carbonyl (C=O) groups excluding carboxylic acids is 1. The maximum Gasteiger partial charge on any atom is 0.303 e. The van der Waals surface area contributed by atoms with Gasteiger partial charge in [-0.2, -0.15) is 0 Å². The molecule has 34 heavy (non-hydrogen) atoms. The molecule has 1 saturated heterocycles. The first kappa shape index (κ1) is 24.2. The number of hydrogen-bond donors (Lipinski definition) is 1. The molecule has 0 spiro atoms. The third-order valence-corrected chi connectivity index (χ3v) is 7.44. The minimum absolute atomic E-state index is 0.0330. The molecule has 4 rings (SSSR count). The summed E-state index contributed by atoms with van der Waals surface area (Å²) in [6, 6.07) is 15.3. The maximum atomic E-state index is 13.2. The van der Waals surface area contributed by atoms with Crippen LogP contribution in [0.4, 0.5) is 0 Å². The van der Waals surface area contributed by atoms with Crippen LogP contribution in [0.3, 0.4) is 0 Å². The van der Waals surface area contributed by atoms with Gasteiger partial charge in [-0.05, 0) is 42.0 Å². The summed E-state index contributed by atoms with van der Waals surface area (Å²) < 4.78 is 5.84. The Bertz CT molecular complexity index is 1150. The molecule has 1 fully saturated rings. The normalized spacial score (nSPS) is 17.6. The first-order valence-electron chi connectivity index (χ1n) is 11.3. The van der Waals surface area contributed by atoms with E-state index in [1.807, 2.05) is 47.4 Å². The molecule has 3 aromatic rings. The van der Waals surface area contributed by atoms with E-state index in [2.05, 4.69) is 11.9 Å². The van der Waals surface area contributed by atoms with Crippen LogP contribution in [0, 0.1) is 5.92 Å². The van der Waals surface area contributed by atoms with Gasteiger partial charge in [-0.1, -0.05) is 54.9 Å². The van der Waals surface area contributed by atoms with Gasteiger partial charge >= 0.3 is 5.97 Å². The SMILES string of the molecule is CC1CCN(C(=O)Cc2ccc(OCc3ccccc3)c(Cl)c2)C1c1ncc(CCC(=O)O)s1. The van der Waals surface area contributed by atoms with Crippen LogP contribution >= 0.6 is 22.9 Å². The number of carboxylic acids is 1. The second-order valence-corrected chi connectivity index (χ2v) is 10.1. The first-order chi connectivity index (χ1) is 16.4. The second-order valence-electron chi connectivity index (χ2n) is 8.57. The lowest BCUT2D eigenvalue weighted by atomic mass is 10.0. The molecule has 2 heterocycles. The number of nitrogens with zero attached hydrogens (tertiary/aromatic N) is 2. The highest BCUT2D eigenvalue weighted by molar-refractivity contribution is 7.11. The molecular formula is C26H27ClN2O4S. The summed E-state index contributed by atoms with van der Waals surface area (Å²) >= 11 is 7.95. The van der Waals surface area contributed by atoms with Crippen molar-refractivity contribution >= 4 is 34.8 Å². The molecule has 2 atom stereocenters. The number of aryl methyl sites for hydroxylation is 1. The summed E-state index contributed by atoms with van der Waals surface area (Å²) in [7, 11) is 0. The van der Waals surface area contributed by atoms with Crippen molar-refractivity contribution in [2.45, 2.75) is 45.3 Å². The van der Waals surface area contributed by atoms with Crippen molar-refractivity contribution in [1.29, 1.82) is 0 Å². The van der Waals surface area contributed by atoms with Gasteiger partial charge in [0.25, 0.3) is 0 Å². The highest BCUT2D eigenvalue weighted by Crippen LogP contribution is 2.39. The molecule has 2 unspecified atom stereocenters. The van der Waals surface area contributed by atoms with Crippen LogP contribution in [-0.4, -0.2) is 33.4 Å². The average Bonchev–Trinajstić information content (AvgIpc) is 3.44. The number of aromatic nitrogens is 1. The standard InChI is InChI=1S/C26H27ClN2O4S/c1-17-11-12-29(25(17)26-28-15-20(34-26)8-10-24(31)32)23(30)14-19-7-9-22(21(27)13-19)33-16-18-5-3-2-4-6-18/h2-7,9,13,15,17,25H,8,10-12,14,16H2,1H3,(H,31,32). The third-order valence-electron chi connectivity index (χ3n) is 6.02. The Hall–Kier alpha value is -2.90. The van der Waals surface area contributed by atoms with Gasteiger partial charge in [0.1, 0.15) is 17.4 Å². The lowest BCUT2D eigenvalue weighted by molar-refractivity contribution is -0.137. The fourth-order valence-corrected chi connectivity index (χ4v) is 5.61. The van der Waals surface area contributed by atoms with E-state index in [1.54, 1.807) is 12.3 Å². The quantitative estimate of drug-likeness (QED) is 0.418. The predicted octanol–water partition coefficient (Wildman–Crippen LogP) is 5.54. The van der Waals surface area contributed by atoms with Crippen molar-refractivity contribution in [3.63, 3.8) is 0 Å². The van der Waals surface area contributed by atoms with E-state index in [1.165, 1.54) is 11.3 Å². The molecule has 2 aromatic carbocycles. The molecule has 1 aromatic heterocycles. The monoisotopic (exact) mass is 498 g/mol. The molecule has 1 N–H and O–H groups in total. The van der Waals surface area contributed by atoms with E-state index in [0.29, 0.717) is 36.3 Å². The molecule has 6 nitrogen and oxygen atoms in total. The third kappa shape index (κ3) is 5.96. The Kier molecular flexibility index (Phi) is 7.85. The summed E-state index contributed by atoms with van der Waals surface area (Å²) in [5.74, 6) is 0.0904.